The third-order valence-corrected chi connectivity index (χ3v) is 8.76. The summed E-state index contributed by atoms with van der Waals surface area (Å²) in [7, 11) is 1.72. The molecule has 2 aromatic heterocycles. The zero-order valence-electron chi connectivity index (χ0n) is 23.2. The molecule has 1 saturated heterocycles. The van der Waals surface area contributed by atoms with Gasteiger partial charge in [0, 0.05) is 50.6 Å². The number of hydrogen-bond acceptors (Lipinski definition) is 9. The van der Waals surface area contributed by atoms with Gasteiger partial charge in [-0.3, -0.25) is 14.9 Å². The number of aliphatic imine (C=N–C) groups is 2. The lowest BCUT2D eigenvalue weighted by Gasteiger charge is -2.37. The standard InChI is InChI=1S/C29H36BrN7O4/c1-32-17-21(18-33-22-5-3-2-4-6-22)23-19-34-37-26(31)24(30)25(35-27(23)37)20-7-9-29(10-8-20,28(38)39)41-16-13-36-11-14-40-15-12-36/h2-6,17-21H,7-16,31H2,1H3,(H,38,39). The van der Waals surface area contributed by atoms with Crippen molar-refractivity contribution in [2.24, 2.45) is 9.98 Å². The van der Waals surface area contributed by atoms with Crippen molar-refractivity contribution in [3.8, 4) is 0 Å². The number of ether oxygens (including phenoxy) is 2. The summed E-state index contributed by atoms with van der Waals surface area (Å²) in [6.07, 6.45) is 7.41. The number of fused-ring (bicyclic) bond motifs is 1. The lowest BCUT2D eigenvalue weighted by Crippen LogP contribution is -2.47. The van der Waals surface area contributed by atoms with Crippen LogP contribution in [-0.4, -0.2) is 95.1 Å². The molecule has 41 heavy (non-hydrogen) atoms. The van der Waals surface area contributed by atoms with E-state index < -0.39 is 11.6 Å². The SMILES string of the molecule is CN=CC(C=Nc1ccccc1)c1cnn2c(N)c(Br)c(C3CCC(OCCN4CCOCC4)(C(=O)O)CC3)nc12. The Hall–Kier alpha value is -3.19. The molecule has 2 fully saturated rings. The van der Waals surface area contributed by atoms with Gasteiger partial charge in [-0.1, -0.05) is 18.2 Å². The average Bonchev–Trinajstić information content (AvgIpc) is 3.42. The van der Waals surface area contributed by atoms with Gasteiger partial charge in [-0.25, -0.2) is 9.78 Å². The van der Waals surface area contributed by atoms with E-state index in [1.807, 2.05) is 36.5 Å². The molecule has 0 amide bonds. The number of carboxylic acid groups (broad SMARTS) is 1. The number of nitrogens with two attached hydrogens (primary N) is 1. The van der Waals surface area contributed by atoms with Crippen LogP contribution < -0.4 is 5.73 Å². The molecule has 3 N–H and O–H groups in total. The summed E-state index contributed by atoms with van der Waals surface area (Å²) >= 11 is 3.65. The Kier molecular flexibility index (Phi) is 9.43. The van der Waals surface area contributed by atoms with Crippen LogP contribution in [0, 0.1) is 0 Å². The number of hydrogen-bond donors (Lipinski definition) is 2. The quantitative estimate of drug-likeness (QED) is 0.321. The first kappa shape index (κ1) is 29.3. The Morgan fingerprint density at radius 2 is 2.00 bits per heavy atom. The van der Waals surface area contributed by atoms with Crippen LogP contribution in [0.5, 0.6) is 0 Å². The third-order valence-electron chi connectivity index (χ3n) is 7.94. The van der Waals surface area contributed by atoms with E-state index in [9.17, 15) is 9.90 Å². The summed E-state index contributed by atoms with van der Waals surface area (Å²) in [5, 5.41) is 14.6. The van der Waals surface area contributed by atoms with Crippen molar-refractivity contribution < 1.29 is 19.4 Å². The number of anilines is 1. The number of benzene rings is 1. The first-order valence-electron chi connectivity index (χ1n) is 13.9. The molecular weight excluding hydrogens is 590 g/mol. The molecule has 1 aliphatic heterocycles. The molecule has 0 radical (unpaired) electrons. The molecule has 3 heterocycles. The predicted molar refractivity (Wildman–Crippen MR) is 162 cm³/mol. The number of para-hydroxylation sites is 1. The minimum atomic E-state index is -1.19. The second-order valence-electron chi connectivity index (χ2n) is 10.5. The number of carbonyl (C=O) groups is 1. The maximum absolute atomic E-state index is 12.4. The summed E-state index contributed by atoms with van der Waals surface area (Å²) in [5.41, 5.74) is 8.44. The molecule has 1 saturated carbocycles. The van der Waals surface area contributed by atoms with Gasteiger partial charge in [0.25, 0.3) is 0 Å². The zero-order chi connectivity index (χ0) is 28.8. The van der Waals surface area contributed by atoms with Gasteiger partial charge in [-0.15, -0.1) is 0 Å². The van der Waals surface area contributed by atoms with Crippen molar-refractivity contribution in [1.82, 2.24) is 19.5 Å². The van der Waals surface area contributed by atoms with E-state index in [1.54, 1.807) is 24.0 Å². The molecule has 0 bridgehead atoms. The van der Waals surface area contributed by atoms with Crippen LogP contribution in [0.2, 0.25) is 0 Å². The topological polar surface area (TPSA) is 140 Å². The largest absolute Gasteiger partial charge is 0.479 e. The summed E-state index contributed by atoms with van der Waals surface area (Å²) in [6, 6.07) is 9.70. The van der Waals surface area contributed by atoms with E-state index in [0.717, 1.165) is 30.0 Å². The molecular formula is C29H36BrN7O4. The van der Waals surface area contributed by atoms with Gasteiger partial charge in [0.1, 0.15) is 5.82 Å². The smallest absolute Gasteiger partial charge is 0.335 e. The van der Waals surface area contributed by atoms with Gasteiger partial charge < -0.3 is 20.3 Å². The molecule has 2 aliphatic rings. The Morgan fingerprint density at radius 1 is 1.27 bits per heavy atom. The molecule has 0 spiro atoms. The second kappa shape index (κ2) is 13.2. The lowest BCUT2D eigenvalue weighted by molar-refractivity contribution is -0.172. The third kappa shape index (κ3) is 6.50. The van der Waals surface area contributed by atoms with Crippen LogP contribution in [0.1, 0.15) is 48.8 Å². The van der Waals surface area contributed by atoms with E-state index in [0.29, 0.717) is 68.0 Å². The first-order chi connectivity index (χ1) is 19.9. The predicted octanol–water partition coefficient (Wildman–Crippen LogP) is 4.09. The van der Waals surface area contributed by atoms with Crippen molar-refractivity contribution in [2.75, 3.05) is 52.2 Å². The number of carboxylic acids is 1. The van der Waals surface area contributed by atoms with E-state index in [-0.39, 0.29) is 11.8 Å². The van der Waals surface area contributed by atoms with Gasteiger partial charge in [0.2, 0.25) is 0 Å². The maximum Gasteiger partial charge on any atom is 0.335 e. The highest BCUT2D eigenvalue weighted by molar-refractivity contribution is 9.10. The van der Waals surface area contributed by atoms with Crippen molar-refractivity contribution in [1.29, 1.82) is 0 Å². The van der Waals surface area contributed by atoms with Crippen LogP contribution in [0.15, 0.2) is 51.0 Å². The van der Waals surface area contributed by atoms with E-state index in [1.165, 1.54) is 0 Å². The molecule has 1 unspecified atom stereocenters. The number of nitrogens with zero attached hydrogens (tertiary/aromatic N) is 6. The molecule has 1 atom stereocenters. The molecule has 1 aliphatic carbocycles. The Bertz CT molecular complexity index is 1400. The van der Waals surface area contributed by atoms with Crippen molar-refractivity contribution in [3.63, 3.8) is 0 Å². The highest BCUT2D eigenvalue weighted by Gasteiger charge is 2.44. The van der Waals surface area contributed by atoms with Gasteiger partial charge in [0.15, 0.2) is 11.2 Å². The van der Waals surface area contributed by atoms with Crippen LogP contribution in [0.4, 0.5) is 11.5 Å². The number of aromatic nitrogens is 3. The highest BCUT2D eigenvalue weighted by atomic mass is 79.9. The van der Waals surface area contributed by atoms with E-state index >= 15 is 0 Å². The molecule has 3 aromatic rings. The van der Waals surface area contributed by atoms with Crippen LogP contribution in [-0.2, 0) is 14.3 Å². The Morgan fingerprint density at radius 3 is 2.68 bits per heavy atom. The maximum atomic E-state index is 12.4. The number of morpholine rings is 1. The molecule has 1 aromatic carbocycles. The number of rotatable bonds is 10. The lowest BCUT2D eigenvalue weighted by atomic mass is 9.77. The zero-order valence-corrected chi connectivity index (χ0v) is 24.7. The van der Waals surface area contributed by atoms with Crippen molar-refractivity contribution >= 4 is 51.5 Å². The summed E-state index contributed by atoms with van der Waals surface area (Å²) in [4.78, 5) is 28.5. The Labute approximate surface area is 247 Å². The van der Waals surface area contributed by atoms with Crippen LogP contribution in [0.25, 0.3) is 5.65 Å². The summed E-state index contributed by atoms with van der Waals surface area (Å²) in [5.74, 6) is -0.701. The second-order valence-corrected chi connectivity index (χ2v) is 11.2. The highest BCUT2D eigenvalue weighted by Crippen LogP contribution is 2.43. The fourth-order valence-corrected chi connectivity index (χ4v) is 6.13. The van der Waals surface area contributed by atoms with Gasteiger partial charge in [0.05, 0.1) is 47.8 Å². The minimum Gasteiger partial charge on any atom is -0.479 e. The van der Waals surface area contributed by atoms with Crippen molar-refractivity contribution in [2.45, 2.75) is 43.1 Å². The normalized spacial score (nSPS) is 23.0. The van der Waals surface area contributed by atoms with E-state index in [4.69, 9.17) is 20.2 Å². The Balaban J connectivity index is 1.35. The fourth-order valence-electron chi connectivity index (χ4n) is 5.55. The van der Waals surface area contributed by atoms with Crippen LogP contribution >= 0.6 is 15.9 Å². The average molecular weight is 627 g/mol. The molecule has 218 valence electrons. The number of nitrogen functional groups attached to an aromatic ring is 1. The van der Waals surface area contributed by atoms with E-state index in [2.05, 4.69) is 35.9 Å². The van der Waals surface area contributed by atoms with Gasteiger partial charge in [-0.05, 0) is 53.7 Å². The fraction of sp³-hybridized carbons (Fsp3) is 0.483. The first-order valence-corrected chi connectivity index (χ1v) is 14.7. The van der Waals surface area contributed by atoms with Crippen molar-refractivity contribution in [3.05, 3.63) is 52.3 Å². The molecule has 11 nitrogen and oxygen atoms in total. The summed E-state index contributed by atoms with van der Waals surface area (Å²) in [6.45, 7) is 4.16. The summed E-state index contributed by atoms with van der Waals surface area (Å²) < 4.78 is 13.8. The number of aliphatic carboxylic acids is 1. The molecule has 5 rings (SSSR count). The molecule has 12 heteroatoms. The number of halogens is 1. The van der Waals surface area contributed by atoms with Gasteiger partial charge in [-0.2, -0.15) is 9.61 Å². The van der Waals surface area contributed by atoms with Gasteiger partial charge >= 0.3 is 5.97 Å². The van der Waals surface area contributed by atoms with Crippen LogP contribution in [0.3, 0.4) is 0 Å². The monoisotopic (exact) mass is 625 g/mol. The minimum absolute atomic E-state index is 0.0195.